The van der Waals surface area contributed by atoms with Gasteiger partial charge < -0.3 is 9.47 Å². The second kappa shape index (κ2) is 10.4. The third-order valence-electron chi connectivity index (χ3n) is 4.87. The minimum Gasteiger partial charge on any atom is -0.429 e. The van der Waals surface area contributed by atoms with Crippen LogP contribution >= 0.6 is 0 Å². The molecule has 0 aliphatic carbocycles. The molecule has 0 saturated heterocycles. The molecule has 0 spiro atoms. The first-order chi connectivity index (χ1) is 16.4. The van der Waals surface area contributed by atoms with Crippen molar-refractivity contribution in [3.05, 3.63) is 95.3 Å². The molecule has 0 unspecified atom stereocenters. The summed E-state index contributed by atoms with van der Waals surface area (Å²) in [4.78, 5) is 0. The topological polar surface area (TPSA) is 18.5 Å². The van der Waals surface area contributed by atoms with Gasteiger partial charge in [0, 0.05) is 11.6 Å². The molecule has 0 aromatic heterocycles. The van der Waals surface area contributed by atoms with E-state index in [0.717, 1.165) is 24.5 Å². The van der Waals surface area contributed by atoms with Crippen molar-refractivity contribution in [2.75, 3.05) is 0 Å². The molecule has 0 amide bonds. The number of allylic oxidation sites excluding steroid dienone is 2. The lowest BCUT2D eigenvalue weighted by atomic mass is 9.99. The first-order valence-electron chi connectivity index (χ1n) is 10.2. The normalized spacial score (nSPS) is 12.3. The van der Waals surface area contributed by atoms with Gasteiger partial charge in [0.25, 0.3) is 0 Å². The van der Waals surface area contributed by atoms with E-state index in [0.29, 0.717) is 18.2 Å². The van der Waals surface area contributed by atoms with Crippen LogP contribution in [0.4, 0.5) is 35.1 Å². The maximum absolute atomic E-state index is 14.7. The smallest absolute Gasteiger partial charge is 0.429 e. The van der Waals surface area contributed by atoms with E-state index in [2.05, 4.69) is 9.47 Å². The molecule has 3 aromatic rings. The standard InChI is InChI=1S/C25H18F8O2/c1-2-3-4-5-15-6-8-16(9-7-15)18-11-12-19(23(28)22(18)27)24(29,30)34-17-10-13-21(20(26)14-17)35-25(31,32)33/h2-3,6-14H,4-5H2,1H3. The van der Waals surface area contributed by atoms with E-state index in [4.69, 9.17) is 0 Å². The van der Waals surface area contributed by atoms with Crippen molar-refractivity contribution in [2.45, 2.75) is 32.2 Å². The van der Waals surface area contributed by atoms with Gasteiger partial charge in [0.1, 0.15) is 11.3 Å². The summed E-state index contributed by atoms with van der Waals surface area (Å²) in [6.07, 6.45) is -4.27. The number of halogens is 8. The minimum absolute atomic E-state index is 0.204. The van der Waals surface area contributed by atoms with Crippen molar-refractivity contribution in [1.82, 2.24) is 0 Å². The zero-order chi connectivity index (χ0) is 25.8. The molecular formula is C25H18F8O2. The van der Waals surface area contributed by atoms with Gasteiger partial charge in [0.05, 0.1) is 0 Å². The van der Waals surface area contributed by atoms with E-state index < -0.39 is 47.0 Å². The molecule has 3 rings (SSSR count). The average Bonchev–Trinajstić information content (AvgIpc) is 2.77. The number of aryl methyl sites for hydroxylation is 1. The van der Waals surface area contributed by atoms with Gasteiger partial charge >= 0.3 is 12.5 Å². The number of rotatable bonds is 8. The van der Waals surface area contributed by atoms with Gasteiger partial charge in [-0.05, 0) is 49.1 Å². The monoisotopic (exact) mass is 502 g/mol. The summed E-state index contributed by atoms with van der Waals surface area (Å²) in [6.45, 7) is 1.89. The molecule has 186 valence electrons. The molecule has 3 aromatic carbocycles. The van der Waals surface area contributed by atoms with Gasteiger partial charge in [0.2, 0.25) is 0 Å². The molecular weight excluding hydrogens is 484 g/mol. The van der Waals surface area contributed by atoms with E-state index in [1.165, 1.54) is 12.1 Å². The molecule has 0 atom stereocenters. The molecule has 0 radical (unpaired) electrons. The Balaban J connectivity index is 1.82. The SMILES string of the molecule is CC=CCCc1ccc(-c2ccc(C(F)(F)Oc3ccc(OC(F)(F)F)c(F)c3)c(F)c2F)cc1. The Morgan fingerprint density at radius 2 is 1.49 bits per heavy atom. The largest absolute Gasteiger partial charge is 0.573 e. The second-order valence-electron chi connectivity index (χ2n) is 7.35. The zero-order valence-electron chi connectivity index (χ0n) is 18.1. The highest BCUT2D eigenvalue weighted by Gasteiger charge is 2.40. The molecule has 0 saturated carbocycles. The van der Waals surface area contributed by atoms with Gasteiger partial charge in [-0.1, -0.05) is 42.5 Å². The molecule has 10 heteroatoms. The molecule has 0 aliphatic rings. The first-order valence-corrected chi connectivity index (χ1v) is 10.2. The van der Waals surface area contributed by atoms with Crippen LogP contribution in [0.5, 0.6) is 11.5 Å². The maximum Gasteiger partial charge on any atom is 0.573 e. The average molecular weight is 502 g/mol. The fourth-order valence-electron chi connectivity index (χ4n) is 3.22. The fraction of sp³-hybridized carbons (Fsp3) is 0.200. The van der Waals surface area contributed by atoms with Crippen LogP contribution in [-0.4, -0.2) is 6.36 Å². The van der Waals surface area contributed by atoms with Crippen molar-refractivity contribution in [3.63, 3.8) is 0 Å². The van der Waals surface area contributed by atoms with Crippen molar-refractivity contribution in [3.8, 4) is 22.6 Å². The number of alkyl halides is 5. The van der Waals surface area contributed by atoms with Crippen LogP contribution in [0.25, 0.3) is 11.1 Å². The lowest BCUT2D eigenvalue weighted by Crippen LogP contribution is -2.24. The summed E-state index contributed by atoms with van der Waals surface area (Å²) in [6, 6.07) is 9.23. The third kappa shape index (κ3) is 6.52. The highest BCUT2D eigenvalue weighted by molar-refractivity contribution is 5.65. The van der Waals surface area contributed by atoms with Crippen LogP contribution < -0.4 is 9.47 Å². The molecule has 2 nitrogen and oxygen atoms in total. The predicted octanol–water partition coefficient (Wildman–Crippen LogP) is 8.31. The third-order valence-corrected chi connectivity index (χ3v) is 4.87. The van der Waals surface area contributed by atoms with Gasteiger partial charge in [-0.15, -0.1) is 13.2 Å². The molecule has 0 fully saturated rings. The van der Waals surface area contributed by atoms with Crippen LogP contribution in [0.3, 0.4) is 0 Å². The number of hydrogen-bond donors (Lipinski definition) is 0. The predicted molar refractivity (Wildman–Crippen MR) is 113 cm³/mol. The summed E-state index contributed by atoms with van der Waals surface area (Å²) in [5.41, 5.74) is -0.531. The minimum atomic E-state index is -5.21. The van der Waals surface area contributed by atoms with Crippen molar-refractivity contribution in [2.24, 2.45) is 0 Å². The first kappa shape index (κ1) is 26.1. The highest BCUT2D eigenvalue weighted by atomic mass is 19.4. The Morgan fingerprint density at radius 1 is 0.800 bits per heavy atom. The Kier molecular flexibility index (Phi) is 7.72. The summed E-state index contributed by atoms with van der Waals surface area (Å²) < 4.78 is 116. The maximum atomic E-state index is 14.7. The Hall–Kier alpha value is -3.56. The lowest BCUT2D eigenvalue weighted by molar-refractivity contribution is -0.275. The molecule has 0 heterocycles. The lowest BCUT2D eigenvalue weighted by Gasteiger charge is -2.20. The van der Waals surface area contributed by atoms with E-state index in [-0.39, 0.29) is 17.2 Å². The van der Waals surface area contributed by atoms with Crippen molar-refractivity contribution < 1.29 is 44.6 Å². The van der Waals surface area contributed by atoms with E-state index in [1.54, 1.807) is 12.1 Å². The van der Waals surface area contributed by atoms with Crippen molar-refractivity contribution >= 4 is 0 Å². The number of benzene rings is 3. The van der Waals surface area contributed by atoms with E-state index in [9.17, 15) is 35.1 Å². The summed E-state index contributed by atoms with van der Waals surface area (Å²) in [5.74, 6) is -7.29. The van der Waals surface area contributed by atoms with Crippen LogP contribution in [0.1, 0.15) is 24.5 Å². The summed E-state index contributed by atoms with van der Waals surface area (Å²) in [7, 11) is 0. The fourth-order valence-corrected chi connectivity index (χ4v) is 3.22. The van der Waals surface area contributed by atoms with Crippen LogP contribution in [0.2, 0.25) is 0 Å². The number of hydrogen-bond acceptors (Lipinski definition) is 2. The van der Waals surface area contributed by atoms with Crippen LogP contribution in [0, 0.1) is 17.5 Å². The van der Waals surface area contributed by atoms with Crippen LogP contribution in [0.15, 0.2) is 66.7 Å². The quantitative estimate of drug-likeness (QED) is 0.228. The van der Waals surface area contributed by atoms with E-state index in [1.807, 2.05) is 19.1 Å². The zero-order valence-corrected chi connectivity index (χ0v) is 18.1. The second-order valence-corrected chi connectivity index (χ2v) is 7.35. The van der Waals surface area contributed by atoms with Gasteiger partial charge in [-0.25, -0.2) is 13.2 Å². The van der Waals surface area contributed by atoms with Crippen LogP contribution in [-0.2, 0) is 12.5 Å². The Labute approximate surface area is 195 Å². The summed E-state index contributed by atoms with van der Waals surface area (Å²) in [5, 5.41) is 0. The molecule has 35 heavy (non-hydrogen) atoms. The van der Waals surface area contributed by atoms with Gasteiger partial charge in [-0.2, -0.15) is 8.78 Å². The molecule has 0 bridgehead atoms. The van der Waals surface area contributed by atoms with Crippen molar-refractivity contribution in [1.29, 1.82) is 0 Å². The van der Waals surface area contributed by atoms with E-state index >= 15 is 0 Å². The molecule has 0 aliphatic heterocycles. The highest BCUT2D eigenvalue weighted by Crippen LogP contribution is 2.38. The molecule has 0 N–H and O–H groups in total. The van der Waals surface area contributed by atoms with Gasteiger partial charge in [-0.3, -0.25) is 0 Å². The Bertz CT molecular complexity index is 1200. The number of ether oxygens (including phenoxy) is 2. The Morgan fingerprint density at radius 3 is 2.09 bits per heavy atom. The summed E-state index contributed by atoms with van der Waals surface area (Å²) >= 11 is 0. The van der Waals surface area contributed by atoms with Gasteiger partial charge in [0.15, 0.2) is 23.2 Å².